The Morgan fingerprint density at radius 1 is 1.56 bits per heavy atom. The largest absolute Gasteiger partial charge is 0.356 e. The second kappa shape index (κ2) is 5.09. The lowest BCUT2D eigenvalue weighted by Crippen LogP contribution is -2.17. The Bertz CT molecular complexity index is 62.1. The summed E-state index contributed by atoms with van der Waals surface area (Å²) in [5, 5.41) is 0. The van der Waals surface area contributed by atoms with E-state index in [0.717, 1.165) is 6.42 Å². The highest BCUT2D eigenvalue weighted by Crippen LogP contribution is 2.04. The number of ether oxygens (including phenoxy) is 2. The van der Waals surface area contributed by atoms with Crippen LogP contribution in [0.15, 0.2) is 0 Å². The van der Waals surface area contributed by atoms with E-state index in [0.29, 0.717) is 0 Å². The van der Waals surface area contributed by atoms with Crippen LogP contribution in [0, 0.1) is 0 Å². The van der Waals surface area contributed by atoms with Gasteiger partial charge < -0.3 is 9.47 Å². The third-order valence-electron chi connectivity index (χ3n) is 0.945. The molecule has 2 atom stereocenters. The number of thiol groups is 1. The van der Waals surface area contributed by atoms with Gasteiger partial charge in [-0.3, -0.25) is 0 Å². The van der Waals surface area contributed by atoms with Gasteiger partial charge >= 0.3 is 0 Å². The summed E-state index contributed by atoms with van der Waals surface area (Å²) in [5.41, 5.74) is -0.0464. The first-order chi connectivity index (χ1) is 4.20. The summed E-state index contributed by atoms with van der Waals surface area (Å²) in [6, 6.07) is 0. The molecule has 0 aliphatic rings. The Balaban J connectivity index is 3.31. The molecule has 0 spiro atoms. The number of methoxy groups -OCH3 is 1. The molecule has 0 heterocycles. The van der Waals surface area contributed by atoms with Crippen molar-refractivity contribution in [1.29, 1.82) is 0 Å². The maximum Gasteiger partial charge on any atom is 0.158 e. The summed E-state index contributed by atoms with van der Waals surface area (Å²) in [6.45, 7) is 3.87. The first-order valence-corrected chi connectivity index (χ1v) is 3.58. The maximum atomic E-state index is 5.19. The Labute approximate surface area is 61.9 Å². The molecule has 9 heavy (non-hydrogen) atoms. The first-order valence-electron chi connectivity index (χ1n) is 3.07. The van der Waals surface area contributed by atoms with Crippen LogP contribution in [0.25, 0.3) is 0 Å². The number of hydrogen-bond acceptors (Lipinski definition) is 3. The molecular weight excluding hydrogens is 136 g/mol. The van der Waals surface area contributed by atoms with Gasteiger partial charge in [-0.15, -0.1) is 12.6 Å². The molecule has 0 saturated carbocycles. The predicted octanol–water partition coefficient (Wildman–Crippen LogP) is 1.66. The van der Waals surface area contributed by atoms with Gasteiger partial charge in [0.2, 0.25) is 0 Å². The predicted molar refractivity (Wildman–Crippen MR) is 40.6 cm³/mol. The lowest BCUT2D eigenvalue weighted by Gasteiger charge is -2.15. The van der Waals surface area contributed by atoms with Gasteiger partial charge in [0.15, 0.2) is 6.29 Å². The van der Waals surface area contributed by atoms with Gasteiger partial charge in [0.25, 0.3) is 0 Å². The molecule has 0 aromatic heterocycles. The minimum absolute atomic E-state index is 0.0464. The van der Waals surface area contributed by atoms with Crippen LogP contribution in [0.4, 0.5) is 0 Å². The highest BCUT2D eigenvalue weighted by atomic mass is 32.1. The average molecular weight is 150 g/mol. The van der Waals surface area contributed by atoms with E-state index in [2.05, 4.69) is 12.6 Å². The van der Waals surface area contributed by atoms with Crippen molar-refractivity contribution in [1.82, 2.24) is 0 Å². The molecule has 0 aromatic carbocycles. The van der Waals surface area contributed by atoms with Crippen molar-refractivity contribution in [3.63, 3.8) is 0 Å². The van der Waals surface area contributed by atoms with Gasteiger partial charge in [0, 0.05) is 7.11 Å². The summed E-state index contributed by atoms with van der Waals surface area (Å²) in [7, 11) is 1.63. The van der Waals surface area contributed by atoms with E-state index in [4.69, 9.17) is 9.47 Å². The highest BCUT2D eigenvalue weighted by molar-refractivity contribution is 7.80. The molecule has 3 heteroatoms. The van der Waals surface area contributed by atoms with Gasteiger partial charge in [-0.05, 0) is 13.3 Å². The Morgan fingerprint density at radius 3 is 2.22 bits per heavy atom. The van der Waals surface area contributed by atoms with E-state index >= 15 is 0 Å². The zero-order valence-electron chi connectivity index (χ0n) is 6.13. The normalized spacial score (nSPS) is 17.3. The van der Waals surface area contributed by atoms with Crippen LogP contribution in [-0.4, -0.2) is 18.8 Å². The molecule has 2 nitrogen and oxygen atoms in total. The smallest absolute Gasteiger partial charge is 0.158 e. The van der Waals surface area contributed by atoms with Gasteiger partial charge in [-0.25, -0.2) is 0 Å². The van der Waals surface area contributed by atoms with Crippen molar-refractivity contribution >= 4 is 12.6 Å². The zero-order valence-corrected chi connectivity index (χ0v) is 7.02. The Kier molecular flexibility index (Phi) is 5.24. The molecule has 0 rings (SSSR count). The SMILES string of the molecule is CCC(OC)OC(C)S. The van der Waals surface area contributed by atoms with Crippen LogP contribution in [0.2, 0.25) is 0 Å². The van der Waals surface area contributed by atoms with Gasteiger partial charge in [-0.2, -0.15) is 0 Å². The molecule has 0 bridgehead atoms. The fourth-order valence-corrected chi connectivity index (χ4v) is 0.674. The first kappa shape index (κ1) is 9.27. The van der Waals surface area contributed by atoms with Crippen molar-refractivity contribution in [2.45, 2.75) is 32.0 Å². The molecule has 56 valence electrons. The Morgan fingerprint density at radius 2 is 2.11 bits per heavy atom. The average Bonchev–Trinajstić information content (AvgIpc) is 1.82. The fraction of sp³-hybridized carbons (Fsp3) is 1.00. The van der Waals surface area contributed by atoms with E-state index in [1.165, 1.54) is 0 Å². The van der Waals surface area contributed by atoms with Crippen molar-refractivity contribution in [3.05, 3.63) is 0 Å². The van der Waals surface area contributed by atoms with Crippen molar-refractivity contribution < 1.29 is 9.47 Å². The molecule has 0 radical (unpaired) electrons. The standard InChI is InChI=1S/C6H14O2S/c1-4-6(7-3)8-5(2)9/h5-6,9H,4H2,1-3H3. The molecule has 0 aliphatic heterocycles. The van der Waals surface area contributed by atoms with Crippen molar-refractivity contribution in [2.24, 2.45) is 0 Å². The van der Waals surface area contributed by atoms with Crippen molar-refractivity contribution in [3.8, 4) is 0 Å². The highest BCUT2D eigenvalue weighted by Gasteiger charge is 2.05. The summed E-state index contributed by atoms with van der Waals surface area (Å²) in [5.74, 6) is 0. The maximum absolute atomic E-state index is 5.19. The van der Waals surface area contributed by atoms with E-state index in [9.17, 15) is 0 Å². The number of hydrogen-bond donors (Lipinski definition) is 1. The van der Waals surface area contributed by atoms with Gasteiger partial charge in [-0.1, -0.05) is 6.92 Å². The van der Waals surface area contributed by atoms with Crippen LogP contribution in [0.1, 0.15) is 20.3 Å². The fourth-order valence-electron chi connectivity index (χ4n) is 0.538. The van der Waals surface area contributed by atoms with Crippen LogP contribution in [0.5, 0.6) is 0 Å². The summed E-state index contributed by atoms with van der Waals surface area (Å²) in [4.78, 5) is 0. The molecule has 0 fully saturated rings. The summed E-state index contributed by atoms with van der Waals surface area (Å²) in [6.07, 6.45) is 0.763. The Hall–Kier alpha value is 0.270. The molecule has 0 N–H and O–H groups in total. The van der Waals surface area contributed by atoms with Crippen molar-refractivity contribution in [2.75, 3.05) is 7.11 Å². The summed E-state index contributed by atoms with van der Waals surface area (Å²) >= 11 is 4.04. The zero-order chi connectivity index (χ0) is 7.28. The molecule has 0 amide bonds. The van der Waals surface area contributed by atoms with E-state index < -0.39 is 0 Å². The molecule has 0 saturated heterocycles. The minimum Gasteiger partial charge on any atom is -0.356 e. The molecular formula is C6H14O2S. The van der Waals surface area contributed by atoms with E-state index in [1.54, 1.807) is 7.11 Å². The molecule has 0 aliphatic carbocycles. The lowest BCUT2D eigenvalue weighted by molar-refractivity contribution is -0.129. The summed E-state index contributed by atoms with van der Waals surface area (Å²) < 4.78 is 10.1. The third kappa shape index (κ3) is 4.75. The van der Waals surface area contributed by atoms with Crippen LogP contribution >= 0.6 is 12.6 Å². The lowest BCUT2D eigenvalue weighted by atomic mass is 10.5. The van der Waals surface area contributed by atoms with Crippen LogP contribution < -0.4 is 0 Å². The van der Waals surface area contributed by atoms with Crippen LogP contribution in [-0.2, 0) is 9.47 Å². The quantitative estimate of drug-likeness (QED) is 0.485. The van der Waals surface area contributed by atoms with Crippen LogP contribution in [0.3, 0.4) is 0 Å². The van der Waals surface area contributed by atoms with Gasteiger partial charge in [0.05, 0.1) is 0 Å². The monoisotopic (exact) mass is 150 g/mol. The van der Waals surface area contributed by atoms with E-state index in [1.807, 2.05) is 13.8 Å². The molecule has 2 unspecified atom stereocenters. The van der Waals surface area contributed by atoms with E-state index in [-0.39, 0.29) is 11.7 Å². The van der Waals surface area contributed by atoms with Gasteiger partial charge in [0.1, 0.15) is 5.44 Å². The minimum atomic E-state index is -0.0995. The topological polar surface area (TPSA) is 18.5 Å². The number of rotatable bonds is 4. The second-order valence-electron chi connectivity index (χ2n) is 1.81. The second-order valence-corrected chi connectivity index (χ2v) is 2.54. The molecule has 0 aromatic rings. The third-order valence-corrected chi connectivity index (χ3v) is 1.07.